The standard InChI is InChI=1S/C9H6NO2/c11-8-5-6-3-1-2-4-7(6)10-9(8)12/h1-5,11H. The number of para-hydroxylation sites is 1. The van der Waals surface area contributed by atoms with Crippen molar-refractivity contribution < 1.29 is 9.90 Å². The van der Waals surface area contributed by atoms with E-state index in [0.29, 0.717) is 5.69 Å². The van der Waals surface area contributed by atoms with Gasteiger partial charge in [-0.1, -0.05) is 18.2 Å². The third kappa shape index (κ3) is 0.955. The fourth-order valence-electron chi connectivity index (χ4n) is 1.09. The van der Waals surface area contributed by atoms with Crippen molar-refractivity contribution in [3.8, 4) is 0 Å². The van der Waals surface area contributed by atoms with Gasteiger partial charge in [-0.3, -0.25) is 4.79 Å². The first-order valence-electron chi connectivity index (χ1n) is 3.53. The van der Waals surface area contributed by atoms with Crippen LogP contribution in [-0.2, 0) is 4.79 Å². The molecular formula is C9H6NO2. The summed E-state index contributed by atoms with van der Waals surface area (Å²) in [6.45, 7) is 0. The molecule has 59 valence electrons. The Labute approximate surface area is 69.3 Å². The fourth-order valence-corrected chi connectivity index (χ4v) is 1.09. The average Bonchev–Trinajstić information content (AvgIpc) is 2.07. The number of fused-ring (bicyclic) bond motifs is 1. The third-order valence-electron chi connectivity index (χ3n) is 1.67. The van der Waals surface area contributed by atoms with E-state index in [4.69, 9.17) is 5.11 Å². The van der Waals surface area contributed by atoms with E-state index < -0.39 is 5.91 Å². The van der Waals surface area contributed by atoms with E-state index in [2.05, 4.69) is 5.32 Å². The van der Waals surface area contributed by atoms with Crippen LogP contribution in [0.2, 0.25) is 0 Å². The highest BCUT2D eigenvalue weighted by Crippen LogP contribution is 2.22. The van der Waals surface area contributed by atoms with Crippen LogP contribution in [0.3, 0.4) is 0 Å². The van der Waals surface area contributed by atoms with Gasteiger partial charge in [-0.2, -0.15) is 0 Å². The third-order valence-corrected chi connectivity index (χ3v) is 1.67. The van der Waals surface area contributed by atoms with Crippen molar-refractivity contribution >= 4 is 17.7 Å². The van der Waals surface area contributed by atoms with Gasteiger partial charge in [0.25, 0.3) is 0 Å². The van der Waals surface area contributed by atoms with Crippen molar-refractivity contribution in [2.45, 2.75) is 0 Å². The Balaban J connectivity index is 2.56. The minimum absolute atomic E-state index is 0.297. The predicted octanol–water partition coefficient (Wildman–Crippen LogP) is 1.36. The molecule has 3 nitrogen and oxygen atoms in total. The molecule has 0 saturated heterocycles. The zero-order chi connectivity index (χ0) is 8.55. The molecule has 1 aliphatic heterocycles. The summed E-state index contributed by atoms with van der Waals surface area (Å²) in [5.41, 5.74) is 1.38. The lowest BCUT2D eigenvalue weighted by Gasteiger charge is -2.09. The molecule has 1 aromatic carbocycles. The Hall–Kier alpha value is -1.77. The van der Waals surface area contributed by atoms with Gasteiger partial charge in [-0.25, -0.2) is 5.32 Å². The molecule has 3 heteroatoms. The Morgan fingerprint density at radius 2 is 2.00 bits per heavy atom. The highest BCUT2D eigenvalue weighted by atomic mass is 16.3. The lowest BCUT2D eigenvalue weighted by Crippen LogP contribution is -2.16. The summed E-state index contributed by atoms with van der Waals surface area (Å²) >= 11 is 0. The average molecular weight is 160 g/mol. The summed E-state index contributed by atoms with van der Waals surface area (Å²) in [4.78, 5) is 10.9. The van der Waals surface area contributed by atoms with E-state index in [-0.39, 0.29) is 5.76 Å². The van der Waals surface area contributed by atoms with Gasteiger partial charge in [0, 0.05) is 5.56 Å². The maximum Gasteiger partial charge on any atom is 0.312 e. The van der Waals surface area contributed by atoms with Crippen LogP contribution in [0.5, 0.6) is 0 Å². The van der Waals surface area contributed by atoms with Crippen LogP contribution < -0.4 is 5.32 Å². The quantitative estimate of drug-likeness (QED) is 0.623. The van der Waals surface area contributed by atoms with Crippen molar-refractivity contribution in [1.82, 2.24) is 5.32 Å². The van der Waals surface area contributed by atoms with Gasteiger partial charge in [0.15, 0.2) is 5.76 Å². The predicted molar refractivity (Wildman–Crippen MR) is 43.8 cm³/mol. The SMILES string of the molecule is O=C1[N]c2ccccc2C=C1O. The lowest BCUT2D eigenvalue weighted by atomic mass is 10.1. The van der Waals surface area contributed by atoms with Gasteiger partial charge in [0.2, 0.25) is 0 Å². The molecule has 1 N–H and O–H groups in total. The van der Waals surface area contributed by atoms with Crippen LogP contribution in [0.15, 0.2) is 30.0 Å². The van der Waals surface area contributed by atoms with Crippen LogP contribution in [0.4, 0.5) is 5.69 Å². The number of aliphatic hydroxyl groups is 1. The minimum Gasteiger partial charge on any atom is -0.503 e. The second-order valence-electron chi connectivity index (χ2n) is 2.51. The van der Waals surface area contributed by atoms with Crippen LogP contribution >= 0.6 is 0 Å². The second-order valence-corrected chi connectivity index (χ2v) is 2.51. The number of carbonyl (C=O) groups excluding carboxylic acids is 1. The maximum absolute atomic E-state index is 10.9. The molecule has 0 fully saturated rings. The van der Waals surface area contributed by atoms with Gasteiger partial charge in [0.1, 0.15) is 0 Å². The number of nitrogens with zero attached hydrogens (tertiary/aromatic N) is 1. The summed E-state index contributed by atoms with van der Waals surface area (Å²) < 4.78 is 0. The van der Waals surface area contributed by atoms with E-state index in [9.17, 15) is 4.79 Å². The molecule has 0 unspecified atom stereocenters. The number of amides is 1. The molecule has 2 rings (SSSR count). The van der Waals surface area contributed by atoms with Crippen molar-refractivity contribution in [2.75, 3.05) is 0 Å². The van der Waals surface area contributed by atoms with Crippen LogP contribution in [-0.4, -0.2) is 11.0 Å². The van der Waals surface area contributed by atoms with Crippen molar-refractivity contribution in [1.29, 1.82) is 0 Å². The second kappa shape index (κ2) is 2.37. The van der Waals surface area contributed by atoms with E-state index >= 15 is 0 Å². The summed E-state index contributed by atoms with van der Waals surface area (Å²) in [5, 5.41) is 12.7. The van der Waals surface area contributed by atoms with Crippen molar-refractivity contribution in [3.63, 3.8) is 0 Å². The molecule has 0 bridgehead atoms. The van der Waals surface area contributed by atoms with Gasteiger partial charge in [-0.15, -0.1) is 0 Å². The van der Waals surface area contributed by atoms with Crippen LogP contribution in [0, 0.1) is 0 Å². The van der Waals surface area contributed by atoms with Crippen LogP contribution in [0.1, 0.15) is 5.56 Å². The molecule has 0 saturated carbocycles. The summed E-state index contributed by atoms with van der Waals surface area (Å²) in [7, 11) is 0. The zero-order valence-electron chi connectivity index (χ0n) is 6.19. The van der Waals surface area contributed by atoms with Crippen molar-refractivity contribution in [3.05, 3.63) is 35.6 Å². The molecular weight excluding hydrogens is 154 g/mol. The summed E-state index contributed by atoms with van der Waals surface area (Å²) in [5.74, 6) is -0.873. The molecule has 1 aliphatic rings. The lowest BCUT2D eigenvalue weighted by molar-refractivity contribution is -0.119. The highest BCUT2D eigenvalue weighted by Gasteiger charge is 2.17. The number of aliphatic hydroxyl groups excluding tert-OH is 1. The number of benzene rings is 1. The molecule has 0 atom stereocenters. The van der Waals surface area contributed by atoms with Crippen LogP contribution in [0.25, 0.3) is 6.08 Å². The van der Waals surface area contributed by atoms with E-state index in [1.54, 1.807) is 18.2 Å². The molecule has 12 heavy (non-hydrogen) atoms. The molecule has 1 heterocycles. The first kappa shape index (κ1) is 6.91. The largest absolute Gasteiger partial charge is 0.503 e. The number of hydrogen-bond acceptors (Lipinski definition) is 2. The first-order valence-corrected chi connectivity index (χ1v) is 3.53. The molecule has 1 amide bonds. The molecule has 1 radical (unpaired) electrons. The van der Waals surface area contributed by atoms with Gasteiger partial charge >= 0.3 is 5.91 Å². The van der Waals surface area contributed by atoms with Gasteiger partial charge < -0.3 is 5.11 Å². The van der Waals surface area contributed by atoms with E-state index in [0.717, 1.165) is 5.56 Å². The number of rotatable bonds is 0. The smallest absolute Gasteiger partial charge is 0.312 e. The monoisotopic (exact) mass is 160 g/mol. The topological polar surface area (TPSA) is 51.4 Å². The van der Waals surface area contributed by atoms with E-state index in [1.165, 1.54) is 6.08 Å². The van der Waals surface area contributed by atoms with Gasteiger partial charge in [0.05, 0.1) is 5.69 Å². The molecule has 0 spiro atoms. The molecule has 1 aromatic rings. The first-order chi connectivity index (χ1) is 5.77. The van der Waals surface area contributed by atoms with Crippen molar-refractivity contribution in [2.24, 2.45) is 0 Å². The minimum atomic E-state index is -0.575. The Morgan fingerprint density at radius 3 is 2.83 bits per heavy atom. The fraction of sp³-hybridized carbons (Fsp3) is 0. The Bertz CT molecular complexity index is 369. The number of hydrogen-bond donors (Lipinski definition) is 1. The highest BCUT2D eigenvalue weighted by molar-refractivity contribution is 6.02. The summed E-state index contributed by atoms with van der Waals surface area (Å²) in [6.07, 6.45) is 1.42. The molecule has 0 aromatic heterocycles. The maximum atomic E-state index is 10.9. The van der Waals surface area contributed by atoms with Gasteiger partial charge in [-0.05, 0) is 12.1 Å². The zero-order valence-corrected chi connectivity index (χ0v) is 6.19. The normalized spacial score (nSPS) is 14.7. The molecule has 0 aliphatic carbocycles. The summed E-state index contributed by atoms with van der Waals surface area (Å²) in [6, 6.07) is 7.15. The Morgan fingerprint density at radius 1 is 1.25 bits per heavy atom. The Kier molecular flexibility index (Phi) is 1.37. The number of carbonyl (C=O) groups is 1. The van der Waals surface area contributed by atoms with E-state index in [1.807, 2.05) is 6.07 Å².